The molecule has 0 saturated heterocycles. The SMILES string of the molecule is COC(=O)c1cc2c3ccc(OC)cc3n(C(=O)OC(C)(C)C)c2cn1. The van der Waals surface area contributed by atoms with Crippen LogP contribution in [0.2, 0.25) is 0 Å². The third-order valence-corrected chi connectivity index (χ3v) is 3.83. The molecule has 0 atom stereocenters. The normalized spacial score (nSPS) is 11.6. The minimum Gasteiger partial charge on any atom is -0.497 e. The Labute approximate surface area is 150 Å². The number of nitrogens with zero attached hydrogens (tertiary/aromatic N) is 2. The molecule has 0 bridgehead atoms. The standard InChI is InChI=1S/C19H20N2O5/c1-19(2,3)26-18(23)21-15-8-11(24-4)6-7-12(15)13-9-14(17(22)25-5)20-10-16(13)21/h6-10H,1-5H3. The molecule has 2 heterocycles. The average Bonchev–Trinajstić information content (AvgIpc) is 2.92. The summed E-state index contributed by atoms with van der Waals surface area (Å²) in [6.07, 6.45) is 0.941. The minimum absolute atomic E-state index is 0.166. The summed E-state index contributed by atoms with van der Waals surface area (Å²) in [7, 11) is 2.85. The van der Waals surface area contributed by atoms with Crippen molar-refractivity contribution in [3.63, 3.8) is 0 Å². The van der Waals surface area contributed by atoms with E-state index < -0.39 is 17.7 Å². The molecule has 0 aliphatic carbocycles. The Hall–Kier alpha value is -3.09. The Kier molecular flexibility index (Phi) is 4.31. The number of pyridine rings is 1. The van der Waals surface area contributed by atoms with Crippen LogP contribution in [0.5, 0.6) is 5.75 Å². The number of fused-ring (bicyclic) bond motifs is 3. The largest absolute Gasteiger partial charge is 0.497 e. The van der Waals surface area contributed by atoms with Gasteiger partial charge in [0.15, 0.2) is 0 Å². The van der Waals surface area contributed by atoms with Crippen molar-refractivity contribution >= 4 is 33.9 Å². The van der Waals surface area contributed by atoms with E-state index in [0.717, 1.165) is 5.39 Å². The molecule has 1 aromatic carbocycles. The zero-order valence-corrected chi connectivity index (χ0v) is 15.3. The lowest BCUT2D eigenvalue weighted by Gasteiger charge is -2.20. The van der Waals surface area contributed by atoms with Gasteiger partial charge in [0.05, 0.1) is 31.4 Å². The molecule has 0 aliphatic rings. The maximum atomic E-state index is 12.8. The molecule has 0 N–H and O–H groups in total. The van der Waals surface area contributed by atoms with Crippen LogP contribution < -0.4 is 4.74 Å². The minimum atomic E-state index is -0.655. The van der Waals surface area contributed by atoms with Crippen LogP contribution in [0.1, 0.15) is 31.3 Å². The summed E-state index contributed by atoms with van der Waals surface area (Å²) < 4.78 is 17.0. The third kappa shape index (κ3) is 3.08. The molecule has 2 aromatic heterocycles. The summed E-state index contributed by atoms with van der Waals surface area (Å²) in [6, 6.07) is 6.98. The van der Waals surface area contributed by atoms with Crippen molar-refractivity contribution in [3.05, 3.63) is 36.2 Å². The molecule has 0 aliphatic heterocycles. The van der Waals surface area contributed by atoms with Gasteiger partial charge in [-0.15, -0.1) is 0 Å². The maximum absolute atomic E-state index is 12.8. The molecule has 0 unspecified atom stereocenters. The third-order valence-electron chi connectivity index (χ3n) is 3.83. The Morgan fingerprint density at radius 3 is 2.38 bits per heavy atom. The molecular formula is C19H20N2O5. The van der Waals surface area contributed by atoms with Crippen LogP contribution in [0.3, 0.4) is 0 Å². The van der Waals surface area contributed by atoms with Gasteiger partial charge in [0.25, 0.3) is 0 Å². The number of benzene rings is 1. The number of hydrogen-bond donors (Lipinski definition) is 0. The lowest BCUT2D eigenvalue weighted by atomic mass is 10.1. The first-order valence-corrected chi connectivity index (χ1v) is 8.05. The summed E-state index contributed by atoms with van der Waals surface area (Å²) in [6.45, 7) is 5.40. The van der Waals surface area contributed by atoms with Gasteiger partial charge in [0.2, 0.25) is 0 Å². The zero-order chi connectivity index (χ0) is 19.1. The number of hydrogen-bond acceptors (Lipinski definition) is 6. The molecule has 0 spiro atoms. The molecule has 3 rings (SSSR count). The molecule has 0 fully saturated rings. The van der Waals surface area contributed by atoms with Gasteiger partial charge < -0.3 is 14.2 Å². The van der Waals surface area contributed by atoms with E-state index in [1.165, 1.54) is 17.9 Å². The van der Waals surface area contributed by atoms with Gasteiger partial charge in [-0.2, -0.15) is 0 Å². The van der Waals surface area contributed by atoms with Gasteiger partial charge in [-0.1, -0.05) is 0 Å². The van der Waals surface area contributed by atoms with Gasteiger partial charge in [0.1, 0.15) is 17.0 Å². The fourth-order valence-corrected chi connectivity index (χ4v) is 2.74. The Morgan fingerprint density at radius 2 is 1.77 bits per heavy atom. The van der Waals surface area contributed by atoms with E-state index in [9.17, 15) is 9.59 Å². The van der Waals surface area contributed by atoms with Gasteiger partial charge in [-0.3, -0.25) is 0 Å². The first-order valence-electron chi connectivity index (χ1n) is 8.05. The van der Waals surface area contributed by atoms with Crippen LogP contribution in [-0.4, -0.2) is 41.4 Å². The zero-order valence-electron chi connectivity index (χ0n) is 15.3. The van der Waals surface area contributed by atoms with Gasteiger partial charge in [-0.25, -0.2) is 19.1 Å². The van der Waals surface area contributed by atoms with Crippen LogP contribution in [0.25, 0.3) is 21.8 Å². The summed E-state index contributed by atoms with van der Waals surface area (Å²) in [4.78, 5) is 28.7. The number of rotatable bonds is 2. The van der Waals surface area contributed by atoms with E-state index in [1.807, 2.05) is 6.07 Å². The van der Waals surface area contributed by atoms with Crippen LogP contribution in [0.15, 0.2) is 30.5 Å². The first-order chi connectivity index (χ1) is 12.2. The van der Waals surface area contributed by atoms with E-state index in [0.29, 0.717) is 22.2 Å². The lowest BCUT2D eigenvalue weighted by molar-refractivity contribution is 0.0550. The van der Waals surface area contributed by atoms with Crippen LogP contribution in [0.4, 0.5) is 4.79 Å². The van der Waals surface area contributed by atoms with E-state index >= 15 is 0 Å². The van der Waals surface area contributed by atoms with Crippen molar-refractivity contribution in [1.29, 1.82) is 0 Å². The highest BCUT2D eigenvalue weighted by atomic mass is 16.6. The van der Waals surface area contributed by atoms with E-state index in [2.05, 4.69) is 4.98 Å². The number of carbonyl (C=O) groups is 2. The summed E-state index contributed by atoms with van der Waals surface area (Å²) in [5.41, 5.74) is 0.657. The molecule has 0 amide bonds. The van der Waals surface area contributed by atoms with Crippen LogP contribution >= 0.6 is 0 Å². The van der Waals surface area contributed by atoms with E-state index in [4.69, 9.17) is 14.2 Å². The second kappa shape index (κ2) is 6.33. The molecular weight excluding hydrogens is 336 g/mol. The number of ether oxygens (including phenoxy) is 3. The second-order valence-corrected chi connectivity index (χ2v) is 6.78. The quantitative estimate of drug-likeness (QED) is 0.650. The number of methoxy groups -OCH3 is 2. The van der Waals surface area contributed by atoms with E-state index in [-0.39, 0.29) is 5.69 Å². The van der Waals surface area contributed by atoms with Gasteiger partial charge in [-0.05, 0) is 39.0 Å². The average molecular weight is 356 g/mol. The maximum Gasteiger partial charge on any atom is 0.419 e. The Bertz CT molecular complexity index is 1010. The summed E-state index contributed by atoms with van der Waals surface area (Å²) in [5, 5.41) is 1.48. The van der Waals surface area contributed by atoms with Crippen molar-refractivity contribution in [2.24, 2.45) is 0 Å². The highest BCUT2D eigenvalue weighted by molar-refractivity contribution is 6.13. The molecule has 7 nitrogen and oxygen atoms in total. The summed E-state index contributed by atoms with van der Waals surface area (Å²) in [5.74, 6) is 0.0600. The number of esters is 1. The van der Waals surface area contributed by atoms with Crippen molar-refractivity contribution in [1.82, 2.24) is 9.55 Å². The number of aromatic nitrogens is 2. The Morgan fingerprint density at radius 1 is 1.04 bits per heavy atom. The highest BCUT2D eigenvalue weighted by Gasteiger charge is 2.23. The molecule has 136 valence electrons. The predicted octanol–water partition coefficient (Wildman–Crippen LogP) is 3.77. The predicted molar refractivity (Wildman–Crippen MR) is 96.8 cm³/mol. The van der Waals surface area contributed by atoms with Gasteiger partial charge in [0, 0.05) is 16.8 Å². The van der Waals surface area contributed by atoms with Crippen LogP contribution in [0, 0.1) is 0 Å². The fourth-order valence-electron chi connectivity index (χ4n) is 2.74. The fraction of sp³-hybridized carbons (Fsp3) is 0.316. The molecule has 7 heteroatoms. The van der Waals surface area contributed by atoms with Crippen molar-refractivity contribution < 1.29 is 23.8 Å². The second-order valence-electron chi connectivity index (χ2n) is 6.78. The molecule has 3 aromatic rings. The van der Waals surface area contributed by atoms with Crippen molar-refractivity contribution in [2.75, 3.05) is 14.2 Å². The molecule has 0 radical (unpaired) electrons. The smallest absolute Gasteiger partial charge is 0.419 e. The van der Waals surface area contributed by atoms with Gasteiger partial charge >= 0.3 is 12.1 Å². The van der Waals surface area contributed by atoms with Crippen LogP contribution in [-0.2, 0) is 9.47 Å². The summed E-state index contributed by atoms with van der Waals surface area (Å²) >= 11 is 0. The van der Waals surface area contributed by atoms with E-state index in [1.54, 1.807) is 46.1 Å². The lowest BCUT2D eigenvalue weighted by Crippen LogP contribution is -2.27. The molecule has 26 heavy (non-hydrogen) atoms. The number of carbonyl (C=O) groups excluding carboxylic acids is 2. The monoisotopic (exact) mass is 356 g/mol. The van der Waals surface area contributed by atoms with Crippen molar-refractivity contribution in [3.8, 4) is 5.75 Å². The molecule has 0 saturated carbocycles. The van der Waals surface area contributed by atoms with Crippen molar-refractivity contribution in [2.45, 2.75) is 26.4 Å². The highest BCUT2D eigenvalue weighted by Crippen LogP contribution is 2.32. The Balaban J connectivity index is 2.32. The first kappa shape index (κ1) is 17.7. The topological polar surface area (TPSA) is 79.7 Å².